The lowest BCUT2D eigenvalue weighted by Crippen LogP contribution is -1.90. The van der Waals surface area contributed by atoms with Crippen molar-refractivity contribution in [1.29, 1.82) is 0 Å². The van der Waals surface area contributed by atoms with Crippen molar-refractivity contribution in [2.75, 3.05) is 0 Å². The number of halogens is 1. The monoisotopic (exact) mass is 243 g/mol. The molecular formula is C16H32F. The summed E-state index contributed by atoms with van der Waals surface area (Å²) < 4.78 is 13.2. The van der Waals surface area contributed by atoms with Crippen LogP contribution in [0.2, 0.25) is 0 Å². The Bertz CT molecular complexity index is 133. The Labute approximate surface area is 108 Å². The fraction of sp³-hybridized carbons (Fsp3) is 0.938. The molecule has 0 saturated carbocycles. The number of unbranched alkanes of at least 4 members (excludes halogenated alkanes) is 9. The smallest absolute Gasteiger partial charge is 0.144 e. The van der Waals surface area contributed by atoms with Gasteiger partial charge in [-0.3, -0.25) is 0 Å². The lowest BCUT2D eigenvalue weighted by molar-refractivity contribution is 0.402. The summed E-state index contributed by atoms with van der Waals surface area (Å²) in [6, 6.07) is 0. The van der Waals surface area contributed by atoms with Gasteiger partial charge in [0.2, 0.25) is 0 Å². The molecule has 0 rings (SSSR count). The minimum Gasteiger partial charge on any atom is -0.240 e. The molecule has 1 radical (unpaired) electrons. The highest BCUT2D eigenvalue weighted by Gasteiger charge is 2.06. The summed E-state index contributed by atoms with van der Waals surface area (Å²) in [7, 11) is 0. The van der Waals surface area contributed by atoms with Crippen LogP contribution in [-0.4, -0.2) is 0 Å². The third-order valence-electron chi connectivity index (χ3n) is 3.35. The van der Waals surface area contributed by atoms with Crippen LogP contribution in [0.4, 0.5) is 4.39 Å². The molecule has 0 aromatic rings. The van der Waals surface area contributed by atoms with Crippen LogP contribution in [0.15, 0.2) is 0 Å². The van der Waals surface area contributed by atoms with Gasteiger partial charge >= 0.3 is 0 Å². The van der Waals surface area contributed by atoms with E-state index >= 15 is 0 Å². The molecule has 0 heterocycles. The summed E-state index contributed by atoms with van der Waals surface area (Å²) in [5, 5.41) is 0. The minimum absolute atomic E-state index is 0.231. The van der Waals surface area contributed by atoms with Crippen molar-refractivity contribution in [3.63, 3.8) is 0 Å². The average molecular weight is 243 g/mol. The predicted octanol–water partition coefficient (Wildman–Crippen LogP) is 6.60. The molecule has 103 valence electrons. The molecule has 0 aliphatic carbocycles. The van der Waals surface area contributed by atoms with Crippen LogP contribution in [0.5, 0.6) is 0 Å². The van der Waals surface area contributed by atoms with Crippen LogP contribution in [0.3, 0.4) is 0 Å². The zero-order valence-corrected chi connectivity index (χ0v) is 12.1. The second-order valence-electron chi connectivity index (χ2n) is 5.20. The largest absolute Gasteiger partial charge is 0.240 e. The lowest BCUT2D eigenvalue weighted by atomic mass is 10.0. The van der Waals surface area contributed by atoms with Crippen LogP contribution < -0.4 is 0 Å². The topological polar surface area (TPSA) is 0 Å². The van der Waals surface area contributed by atoms with Crippen LogP contribution >= 0.6 is 0 Å². The Morgan fingerprint density at radius 3 is 1.53 bits per heavy atom. The van der Waals surface area contributed by atoms with E-state index in [1.165, 1.54) is 51.4 Å². The lowest BCUT2D eigenvalue weighted by Gasteiger charge is -2.05. The zero-order valence-electron chi connectivity index (χ0n) is 12.1. The number of hydrogen-bond donors (Lipinski definition) is 0. The van der Waals surface area contributed by atoms with E-state index in [9.17, 15) is 4.39 Å². The second-order valence-corrected chi connectivity index (χ2v) is 5.20. The molecule has 0 aliphatic heterocycles. The van der Waals surface area contributed by atoms with Crippen molar-refractivity contribution < 1.29 is 4.39 Å². The molecule has 1 heteroatoms. The third kappa shape index (κ3) is 13.9. The highest BCUT2D eigenvalue weighted by Crippen LogP contribution is 2.20. The van der Waals surface area contributed by atoms with Crippen molar-refractivity contribution >= 4 is 0 Å². The van der Waals surface area contributed by atoms with Crippen LogP contribution in [0, 0.1) is 6.17 Å². The molecule has 0 unspecified atom stereocenters. The van der Waals surface area contributed by atoms with E-state index in [1.54, 1.807) is 0 Å². The highest BCUT2D eigenvalue weighted by atomic mass is 19.1. The molecule has 0 aromatic heterocycles. The zero-order chi connectivity index (χ0) is 12.8. The van der Waals surface area contributed by atoms with E-state index in [0.29, 0.717) is 6.42 Å². The molecule has 0 spiro atoms. The maximum atomic E-state index is 13.2. The number of hydrogen-bond acceptors (Lipinski definition) is 0. The maximum Gasteiger partial charge on any atom is 0.144 e. The van der Waals surface area contributed by atoms with E-state index in [1.807, 2.05) is 0 Å². The molecule has 0 N–H and O–H groups in total. The Morgan fingerprint density at radius 2 is 1.00 bits per heavy atom. The molecule has 0 fully saturated rings. The second kappa shape index (κ2) is 14.0. The van der Waals surface area contributed by atoms with Gasteiger partial charge in [-0.2, -0.15) is 0 Å². The van der Waals surface area contributed by atoms with Gasteiger partial charge in [0.25, 0.3) is 0 Å². The van der Waals surface area contributed by atoms with E-state index in [0.717, 1.165) is 25.7 Å². The van der Waals surface area contributed by atoms with Gasteiger partial charge < -0.3 is 0 Å². The summed E-state index contributed by atoms with van der Waals surface area (Å²) in [6.45, 7) is 4.37. The van der Waals surface area contributed by atoms with Gasteiger partial charge in [-0.1, -0.05) is 84.5 Å². The molecule has 0 aliphatic rings. The molecule has 0 saturated heterocycles. The fourth-order valence-electron chi connectivity index (χ4n) is 2.12. The first kappa shape index (κ1) is 16.9. The summed E-state index contributed by atoms with van der Waals surface area (Å²) in [4.78, 5) is 0. The van der Waals surface area contributed by atoms with E-state index in [-0.39, 0.29) is 6.17 Å². The van der Waals surface area contributed by atoms with Crippen molar-refractivity contribution in [2.45, 2.75) is 97.3 Å². The Balaban J connectivity index is 3.02. The summed E-state index contributed by atoms with van der Waals surface area (Å²) in [5.74, 6) is 0. The van der Waals surface area contributed by atoms with Crippen molar-refractivity contribution in [3.05, 3.63) is 6.17 Å². The van der Waals surface area contributed by atoms with Crippen LogP contribution in [0.1, 0.15) is 97.3 Å². The standard InChI is InChI=1S/C16H32F/c1-3-5-7-8-9-10-11-12-13-15-16(17)14-6-4-2/h3-15H2,1-2H3. The first-order chi connectivity index (χ1) is 8.31. The minimum atomic E-state index is 0.231. The molecule has 0 atom stereocenters. The highest BCUT2D eigenvalue weighted by molar-refractivity contribution is 4.75. The molecule has 0 bridgehead atoms. The number of rotatable bonds is 13. The Kier molecular flexibility index (Phi) is 13.9. The molecule has 0 nitrogen and oxygen atoms in total. The van der Waals surface area contributed by atoms with Gasteiger partial charge in [0, 0.05) is 0 Å². The first-order valence-corrected chi connectivity index (χ1v) is 7.81. The van der Waals surface area contributed by atoms with Crippen LogP contribution in [0.25, 0.3) is 0 Å². The molecular weight excluding hydrogens is 211 g/mol. The summed E-state index contributed by atoms with van der Waals surface area (Å²) in [5.41, 5.74) is 0. The molecule has 0 amide bonds. The predicted molar refractivity (Wildman–Crippen MR) is 75.7 cm³/mol. The van der Waals surface area contributed by atoms with Crippen molar-refractivity contribution in [2.24, 2.45) is 0 Å². The summed E-state index contributed by atoms with van der Waals surface area (Å²) >= 11 is 0. The van der Waals surface area contributed by atoms with Crippen molar-refractivity contribution in [3.8, 4) is 0 Å². The van der Waals surface area contributed by atoms with Gasteiger partial charge in [0.15, 0.2) is 0 Å². The van der Waals surface area contributed by atoms with E-state index in [2.05, 4.69) is 13.8 Å². The molecule has 0 aromatic carbocycles. The normalized spacial score (nSPS) is 11.3. The van der Waals surface area contributed by atoms with E-state index < -0.39 is 0 Å². The van der Waals surface area contributed by atoms with Gasteiger partial charge in [0.05, 0.1) is 0 Å². The van der Waals surface area contributed by atoms with E-state index in [4.69, 9.17) is 0 Å². The summed E-state index contributed by atoms with van der Waals surface area (Å²) in [6.07, 6.45) is 15.6. The SMILES string of the molecule is CCCCCCCCCCC[C](F)CCCC. The maximum absolute atomic E-state index is 13.2. The van der Waals surface area contributed by atoms with Gasteiger partial charge in [-0.15, -0.1) is 0 Å². The third-order valence-corrected chi connectivity index (χ3v) is 3.35. The Morgan fingerprint density at radius 1 is 0.588 bits per heavy atom. The fourth-order valence-corrected chi connectivity index (χ4v) is 2.12. The van der Waals surface area contributed by atoms with Crippen LogP contribution in [-0.2, 0) is 0 Å². The van der Waals surface area contributed by atoms with Gasteiger partial charge in [-0.05, 0) is 12.8 Å². The Hall–Kier alpha value is -0.0700. The first-order valence-electron chi connectivity index (χ1n) is 7.81. The molecule has 17 heavy (non-hydrogen) atoms. The quantitative estimate of drug-likeness (QED) is 0.320. The van der Waals surface area contributed by atoms with Gasteiger partial charge in [-0.25, -0.2) is 4.39 Å². The van der Waals surface area contributed by atoms with Crippen molar-refractivity contribution in [1.82, 2.24) is 0 Å². The average Bonchev–Trinajstić information content (AvgIpc) is 2.34. The van der Waals surface area contributed by atoms with Gasteiger partial charge in [0.1, 0.15) is 6.17 Å².